The highest BCUT2D eigenvalue weighted by molar-refractivity contribution is 9.09. The summed E-state index contributed by atoms with van der Waals surface area (Å²) in [6.07, 6.45) is 2.76. The summed E-state index contributed by atoms with van der Waals surface area (Å²) in [5, 5.41) is 2.06. The van der Waals surface area contributed by atoms with E-state index in [0.29, 0.717) is 5.92 Å². The van der Waals surface area contributed by atoms with E-state index in [4.69, 9.17) is 4.74 Å². The molecule has 0 radical (unpaired) electrons. The van der Waals surface area contributed by atoms with E-state index in [9.17, 15) is 0 Å². The molecule has 1 rings (SSSR count). The van der Waals surface area contributed by atoms with Gasteiger partial charge in [-0.15, -0.1) is 0 Å². The standard InChI is InChI=1S/C8H14Br2O/c9-3-8(4-10)6-11-5-7-1-2-7/h7-8H,1-6H2. The van der Waals surface area contributed by atoms with Crippen LogP contribution in [-0.4, -0.2) is 23.9 Å². The van der Waals surface area contributed by atoms with Crippen LogP contribution in [0.5, 0.6) is 0 Å². The molecule has 1 aliphatic carbocycles. The van der Waals surface area contributed by atoms with Gasteiger partial charge in [-0.05, 0) is 18.8 Å². The molecule has 0 aromatic carbocycles. The Morgan fingerprint density at radius 3 is 2.36 bits per heavy atom. The maximum atomic E-state index is 5.54. The fourth-order valence-corrected chi connectivity index (χ4v) is 2.26. The Labute approximate surface area is 85.1 Å². The van der Waals surface area contributed by atoms with Gasteiger partial charge in [-0.1, -0.05) is 31.9 Å². The Hall–Kier alpha value is 0.920. The highest BCUT2D eigenvalue weighted by Crippen LogP contribution is 2.28. The van der Waals surface area contributed by atoms with Crippen LogP contribution in [0.3, 0.4) is 0 Å². The number of alkyl halides is 2. The molecule has 1 aliphatic rings. The topological polar surface area (TPSA) is 9.23 Å². The predicted molar refractivity (Wildman–Crippen MR) is 54.6 cm³/mol. The van der Waals surface area contributed by atoms with Crippen molar-refractivity contribution >= 4 is 31.9 Å². The van der Waals surface area contributed by atoms with Gasteiger partial charge in [0.15, 0.2) is 0 Å². The zero-order valence-electron chi connectivity index (χ0n) is 6.56. The highest BCUT2D eigenvalue weighted by Gasteiger charge is 2.21. The minimum Gasteiger partial charge on any atom is -0.381 e. The van der Waals surface area contributed by atoms with E-state index in [1.54, 1.807) is 0 Å². The Kier molecular flexibility index (Phi) is 5.04. The van der Waals surface area contributed by atoms with Gasteiger partial charge in [0.25, 0.3) is 0 Å². The van der Waals surface area contributed by atoms with Crippen molar-refractivity contribution in [1.29, 1.82) is 0 Å². The molecule has 0 aromatic heterocycles. The Morgan fingerprint density at radius 2 is 1.91 bits per heavy atom. The zero-order chi connectivity index (χ0) is 8.10. The first kappa shape index (κ1) is 10.0. The smallest absolute Gasteiger partial charge is 0.0510 e. The monoisotopic (exact) mass is 284 g/mol. The fraction of sp³-hybridized carbons (Fsp3) is 1.00. The number of hydrogen-bond donors (Lipinski definition) is 0. The molecule has 0 N–H and O–H groups in total. The fourth-order valence-electron chi connectivity index (χ4n) is 0.816. The van der Waals surface area contributed by atoms with Crippen LogP contribution in [0, 0.1) is 11.8 Å². The zero-order valence-corrected chi connectivity index (χ0v) is 9.73. The van der Waals surface area contributed by atoms with Crippen molar-refractivity contribution < 1.29 is 4.74 Å². The molecule has 0 bridgehead atoms. The second-order valence-electron chi connectivity index (χ2n) is 3.16. The van der Waals surface area contributed by atoms with Gasteiger partial charge in [0, 0.05) is 23.2 Å². The van der Waals surface area contributed by atoms with Crippen LogP contribution in [0.25, 0.3) is 0 Å². The van der Waals surface area contributed by atoms with Crippen LogP contribution in [0.2, 0.25) is 0 Å². The van der Waals surface area contributed by atoms with Crippen molar-refractivity contribution in [3.63, 3.8) is 0 Å². The maximum Gasteiger partial charge on any atom is 0.0510 e. The molecule has 0 aromatic rings. The van der Waals surface area contributed by atoms with Crippen molar-refractivity contribution in [2.24, 2.45) is 11.8 Å². The van der Waals surface area contributed by atoms with E-state index >= 15 is 0 Å². The van der Waals surface area contributed by atoms with Crippen molar-refractivity contribution in [3.8, 4) is 0 Å². The summed E-state index contributed by atoms with van der Waals surface area (Å²) in [6, 6.07) is 0. The maximum absolute atomic E-state index is 5.54. The summed E-state index contributed by atoms with van der Waals surface area (Å²) in [7, 11) is 0. The second kappa shape index (κ2) is 5.55. The SMILES string of the molecule is BrCC(CBr)COCC1CC1. The van der Waals surface area contributed by atoms with Crippen LogP contribution >= 0.6 is 31.9 Å². The molecule has 0 saturated heterocycles. The summed E-state index contributed by atoms with van der Waals surface area (Å²) in [5.41, 5.74) is 0. The van der Waals surface area contributed by atoms with Gasteiger partial charge in [-0.2, -0.15) is 0 Å². The minimum absolute atomic E-state index is 0.633. The van der Waals surface area contributed by atoms with Crippen LogP contribution in [0.4, 0.5) is 0 Å². The lowest BCUT2D eigenvalue weighted by Gasteiger charge is -2.10. The van der Waals surface area contributed by atoms with Crippen LogP contribution in [0.15, 0.2) is 0 Å². The number of rotatable bonds is 6. The lowest BCUT2D eigenvalue weighted by molar-refractivity contribution is 0.104. The molecular formula is C8H14Br2O. The van der Waals surface area contributed by atoms with Gasteiger partial charge in [0.05, 0.1) is 6.61 Å². The van der Waals surface area contributed by atoms with Gasteiger partial charge < -0.3 is 4.74 Å². The predicted octanol–water partition coefficient (Wildman–Crippen LogP) is 2.82. The van der Waals surface area contributed by atoms with E-state index in [2.05, 4.69) is 31.9 Å². The second-order valence-corrected chi connectivity index (χ2v) is 4.45. The van der Waals surface area contributed by atoms with Gasteiger partial charge >= 0.3 is 0 Å². The summed E-state index contributed by atoms with van der Waals surface area (Å²) >= 11 is 6.90. The Morgan fingerprint density at radius 1 is 1.27 bits per heavy atom. The van der Waals surface area contributed by atoms with Crippen molar-refractivity contribution in [2.45, 2.75) is 12.8 Å². The van der Waals surface area contributed by atoms with E-state index in [1.807, 2.05) is 0 Å². The number of ether oxygens (including phenoxy) is 1. The van der Waals surface area contributed by atoms with E-state index in [-0.39, 0.29) is 0 Å². The molecule has 1 saturated carbocycles. The molecule has 0 atom stereocenters. The third kappa shape index (κ3) is 4.48. The molecule has 0 aliphatic heterocycles. The molecule has 0 amide bonds. The van der Waals surface area contributed by atoms with Gasteiger partial charge in [0.2, 0.25) is 0 Å². The lowest BCUT2D eigenvalue weighted by atomic mass is 10.2. The highest BCUT2D eigenvalue weighted by atomic mass is 79.9. The first-order chi connectivity index (χ1) is 5.36. The molecule has 11 heavy (non-hydrogen) atoms. The Bertz CT molecular complexity index is 100. The summed E-state index contributed by atoms with van der Waals surface area (Å²) < 4.78 is 5.54. The van der Waals surface area contributed by atoms with Crippen molar-refractivity contribution in [1.82, 2.24) is 0 Å². The van der Waals surface area contributed by atoms with E-state index in [0.717, 1.165) is 29.8 Å². The summed E-state index contributed by atoms with van der Waals surface area (Å²) in [6.45, 7) is 1.88. The number of halogens is 2. The molecular weight excluding hydrogens is 272 g/mol. The van der Waals surface area contributed by atoms with Crippen LogP contribution < -0.4 is 0 Å². The first-order valence-electron chi connectivity index (χ1n) is 4.06. The van der Waals surface area contributed by atoms with Gasteiger partial charge in [-0.25, -0.2) is 0 Å². The normalized spacial score (nSPS) is 17.7. The lowest BCUT2D eigenvalue weighted by Crippen LogP contribution is -2.13. The molecule has 1 nitrogen and oxygen atoms in total. The van der Waals surface area contributed by atoms with E-state index in [1.165, 1.54) is 12.8 Å². The average Bonchev–Trinajstić information content (AvgIpc) is 2.82. The molecule has 66 valence electrons. The van der Waals surface area contributed by atoms with Crippen molar-refractivity contribution in [3.05, 3.63) is 0 Å². The molecule has 3 heteroatoms. The third-order valence-electron chi connectivity index (χ3n) is 1.84. The number of hydrogen-bond acceptors (Lipinski definition) is 1. The quantitative estimate of drug-likeness (QED) is 0.682. The van der Waals surface area contributed by atoms with Crippen molar-refractivity contribution in [2.75, 3.05) is 23.9 Å². The van der Waals surface area contributed by atoms with Crippen LogP contribution in [0.1, 0.15) is 12.8 Å². The van der Waals surface area contributed by atoms with Crippen LogP contribution in [-0.2, 0) is 4.74 Å². The average molecular weight is 286 g/mol. The molecule has 0 spiro atoms. The van der Waals surface area contributed by atoms with Gasteiger partial charge in [0.1, 0.15) is 0 Å². The van der Waals surface area contributed by atoms with Gasteiger partial charge in [-0.3, -0.25) is 0 Å². The first-order valence-corrected chi connectivity index (χ1v) is 6.30. The summed E-state index contributed by atoms with van der Waals surface area (Å²) in [4.78, 5) is 0. The largest absolute Gasteiger partial charge is 0.381 e. The molecule has 0 heterocycles. The molecule has 0 unspecified atom stereocenters. The van der Waals surface area contributed by atoms with E-state index < -0.39 is 0 Å². The minimum atomic E-state index is 0.633. The third-order valence-corrected chi connectivity index (χ3v) is 3.67. The Balaban J connectivity index is 1.90. The molecule has 1 fully saturated rings. The summed E-state index contributed by atoms with van der Waals surface area (Å²) in [5.74, 6) is 1.52.